The summed E-state index contributed by atoms with van der Waals surface area (Å²) in [6.45, 7) is 2.09. The Bertz CT molecular complexity index is 563. The quantitative estimate of drug-likeness (QED) is 0.851. The highest BCUT2D eigenvalue weighted by Gasteiger charge is 2.05. The summed E-state index contributed by atoms with van der Waals surface area (Å²) in [6.07, 6.45) is 5.18. The fourth-order valence-electron chi connectivity index (χ4n) is 1.50. The molecule has 0 fully saturated rings. The van der Waals surface area contributed by atoms with Crippen molar-refractivity contribution in [3.63, 3.8) is 0 Å². The van der Waals surface area contributed by atoms with Gasteiger partial charge in [-0.2, -0.15) is 0 Å². The predicted molar refractivity (Wildman–Crippen MR) is 78.0 cm³/mol. The standard InChI is InChI=1S/C14H15N3OS/c1-2-6-13-16-17-14(19-13)15-12(18)10-9-11-7-4-3-5-8-11/h3-5,7-10H,2,6H2,1H3,(H,15,17,18)/b10-9+. The molecule has 0 saturated carbocycles. The van der Waals surface area contributed by atoms with Crippen molar-refractivity contribution in [2.45, 2.75) is 19.8 Å². The van der Waals surface area contributed by atoms with Crippen molar-refractivity contribution in [2.75, 3.05) is 5.32 Å². The summed E-state index contributed by atoms with van der Waals surface area (Å²) in [6, 6.07) is 9.68. The van der Waals surface area contributed by atoms with Crippen molar-refractivity contribution in [3.8, 4) is 0 Å². The predicted octanol–water partition coefficient (Wildman–Crippen LogP) is 3.14. The van der Waals surface area contributed by atoms with Crippen LogP contribution in [0.2, 0.25) is 0 Å². The molecular formula is C14H15N3OS. The van der Waals surface area contributed by atoms with E-state index in [4.69, 9.17) is 0 Å². The van der Waals surface area contributed by atoms with Crippen molar-refractivity contribution >= 4 is 28.5 Å². The third-order valence-corrected chi connectivity index (χ3v) is 3.29. The Balaban J connectivity index is 1.92. The molecule has 1 heterocycles. The van der Waals surface area contributed by atoms with Crippen LogP contribution in [-0.4, -0.2) is 16.1 Å². The Kier molecular flexibility index (Phi) is 4.80. The van der Waals surface area contributed by atoms with Crippen LogP contribution < -0.4 is 5.32 Å². The number of carbonyl (C=O) groups excluding carboxylic acids is 1. The minimum Gasteiger partial charge on any atom is -0.297 e. The minimum absolute atomic E-state index is 0.192. The van der Waals surface area contributed by atoms with Crippen LogP contribution in [-0.2, 0) is 11.2 Å². The number of anilines is 1. The molecular weight excluding hydrogens is 258 g/mol. The fourth-order valence-corrected chi connectivity index (χ4v) is 2.35. The highest BCUT2D eigenvalue weighted by Crippen LogP contribution is 2.16. The van der Waals surface area contributed by atoms with E-state index >= 15 is 0 Å². The number of aryl methyl sites for hydroxylation is 1. The lowest BCUT2D eigenvalue weighted by Crippen LogP contribution is -2.07. The average molecular weight is 273 g/mol. The maximum absolute atomic E-state index is 11.7. The van der Waals surface area contributed by atoms with Gasteiger partial charge in [0, 0.05) is 12.5 Å². The van der Waals surface area contributed by atoms with Gasteiger partial charge in [-0.15, -0.1) is 10.2 Å². The van der Waals surface area contributed by atoms with Gasteiger partial charge in [0.05, 0.1) is 0 Å². The van der Waals surface area contributed by atoms with Gasteiger partial charge >= 0.3 is 0 Å². The lowest BCUT2D eigenvalue weighted by molar-refractivity contribution is -0.111. The maximum Gasteiger partial charge on any atom is 0.250 e. The summed E-state index contributed by atoms with van der Waals surface area (Å²) in [4.78, 5) is 11.7. The van der Waals surface area contributed by atoms with Gasteiger partial charge in [0.15, 0.2) is 0 Å². The van der Waals surface area contributed by atoms with E-state index in [2.05, 4.69) is 22.4 Å². The summed E-state index contributed by atoms with van der Waals surface area (Å²) >= 11 is 1.42. The number of nitrogens with one attached hydrogen (secondary N) is 1. The van der Waals surface area contributed by atoms with Crippen LogP contribution in [0.1, 0.15) is 23.9 Å². The second-order valence-electron chi connectivity index (χ2n) is 3.98. The summed E-state index contributed by atoms with van der Waals surface area (Å²) in [7, 11) is 0. The molecule has 0 saturated heterocycles. The van der Waals surface area contributed by atoms with Gasteiger partial charge < -0.3 is 0 Å². The van der Waals surface area contributed by atoms with E-state index in [9.17, 15) is 4.79 Å². The van der Waals surface area contributed by atoms with E-state index in [1.807, 2.05) is 30.3 Å². The van der Waals surface area contributed by atoms with Crippen molar-refractivity contribution in [1.29, 1.82) is 0 Å². The number of amides is 1. The number of aromatic nitrogens is 2. The Hall–Kier alpha value is -2.01. The van der Waals surface area contributed by atoms with Gasteiger partial charge in [-0.05, 0) is 18.1 Å². The molecule has 0 radical (unpaired) electrons. The number of carbonyl (C=O) groups is 1. The van der Waals surface area contributed by atoms with Crippen molar-refractivity contribution in [1.82, 2.24) is 10.2 Å². The first kappa shape index (κ1) is 13.4. The lowest BCUT2D eigenvalue weighted by Gasteiger charge is -1.94. The SMILES string of the molecule is CCCc1nnc(NC(=O)/C=C/c2ccccc2)s1. The molecule has 4 nitrogen and oxygen atoms in total. The third-order valence-electron chi connectivity index (χ3n) is 2.39. The van der Waals surface area contributed by atoms with Crippen molar-refractivity contribution in [2.24, 2.45) is 0 Å². The monoisotopic (exact) mass is 273 g/mol. The zero-order valence-electron chi connectivity index (χ0n) is 10.7. The Labute approximate surface area is 116 Å². The van der Waals surface area contributed by atoms with Crippen LogP contribution in [0.15, 0.2) is 36.4 Å². The Morgan fingerprint density at radius 2 is 2.11 bits per heavy atom. The molecule has 0 spiro atoms. The zero-order valence-corrected chi connectivity index (χ0v) is 11.5. The molecule has 0 aliphatic carbocycles. The second-order valence-corrected chi connectivity index (χ2v) is 5.05. The fraction of sp³-hybridized carbons (Fsp3) is 0.214. The van der Waals surface area contributed by atoms with E-state index < -0.39 is 0 Å². The first-order valence-corrected chi connectivity index (χ1v) is 6.96. The Morgan fingerprint density at radius 3 is 2.84 bits per heavy atom. The summed E-state index contributed by atoms with van der Waals surface area (Å²) < 4.78 is 0. The molecule has 0 bridgehead atoms. The summed E-state index contributed by atoms with van der Waals surface area (Å²) in [5, 5.41) is 12.1. The number of rotatable bonds is 5. The summed E-state index contributed by atoms with van der Waals surface area (Å²) in [5.41, 5.74) is 0.988. The molecule has 1 aromatic carbocycles. The number of nitrogens with zero attached hydrogens (tertiary/aromatic N) is 2. The van der Waals surface area contributed by atoms with Crippen LogP contribution in [0.25, 0.3) is 6.08 Å². The van der Waals surface area contributed by atoms with Crippen LogP contribution in [0.3, 0.4) is 0 Å². The minimum atomic E-state index is -0.192. The lowest BCUT2D eigenvalue weighted by atomic mass is 10.2. The molecule has 1 amide bonds. The highest BCUT2D eigenvalue weighted by atomic mass is 32.1. The molecule has 98 valence electrons. The van der Waals surface area contributed by atoms with Gasteiger partial charge in [0.1, 0.15) is 5.01 Å². The van der Waals surface area contributed by atoms with Gasteiger partial charge in [-0.25, -0.2) is 0 Å². The summed E-state index contributed by atoms with van der Waals surface area (Å²) in [5.74, 6) is -0.192. The van der Waals surface area contributed by atoms with Crippen LogP contribution >= 0.6 is 11.3 Å². The molecule has 0 unspecified atom stereocenters. The average Bonchev–Trinajstić information content (AvgIpc) is 2.85. The van der Waals surface area contributed by atoms with E-state index in [0.717, 1.165) is 23.4 Å². The number of hydrogen-bond acceptors (Lipinski definition) is 4. The maximum atomic E-state index is 11.7. The van der Waals surface area contributed by atoms with Crippen molar-refractivity contribution < 1.29 is 4.79 Å². The van der Waals surface area contributed by atoms with Gasteiger partial charge in [-0.3, -0.25) is 10.1 Å². The first-order chi connectivity index (χ1) is 9.28. The highest BCUT2D eigenvalue weighted by molar-refractivity contribution is 7.15. The molecule has 2 rings (SSSR count). The second kappa shape index (κ2) is 6.80. The molecule has 0 atom stereocenters. The molecule has 2 aromatic rings. The molecule has 19 heavy (non-hydrogen) atoms. The van der Waals surface area contributed by atoms with Gasteiger partial charge in [0.2, 0.25) is 11.0 Å². The third kappa shape index (κ3) is 4.30. The van der Waals surface area contributed by atoms with Crippen LogP contribution in [0.5, 0.6) is 0 Å². The molecule has 5 heteroatoms. The normalized spacial score (nSPS) is 10.8. The molecule has 0 aliphatic heterocycles. The number of benzene rings is 1. The smallest absolute Gasteiger partial charge is 0.250 e. The number of hydrogen-bond donors (Lipinski definition) is 1. The van der Waals surface area contributed by atoms with Crippen LogP contribution in [0.4, 0.5) is 5.13 Å². The van der Waals surface area contributed by atoms with E-state index in [1.165, 1.54) is 17.4 Å². The molecule has 1 N–H and O–H groups in total. The zero-order chi connectivity index (χ0) is 13.5. The van der Waals surface area contributed by atoms with Crippen LogP contribution in [0, 0.1) is 0 Å². The Morgan fingerprint density at radius 1 is 1.32 bits per heavy atom. The van der Waals surface area contributed by atoms with Gasteiger partial charge in [0.25, 0.3) is 0 Å². The van der Waals surface area contributed by atoms with Gasteiger partial charge in [-0.1, -0.05) is 48.6 Å². The van der Waals surface area contributed by atoms with E-state index in [1.54, 1.807) is 6.08 Å². The largest absolute Gasteiger partial charge is 0.297 e. The van der Waals surface area contributed by atoms with E-state index in [-0.39, 0.29) is 5.91 Å². The van der Waals surface area contributed by atoms with E-state index in [0.29, 0.717) is 5.13 Å². The molecule has 0 aliphatic rings. The van der Waals surface area contributed by atoms with Crippen molar-refractivity contribution in [3.05, 3.63) is 47.0 Å². The first-order valence-electron chi connectivity index (χ1n) is 6.14. The topological polar surface area (TPSA) is 54.9 Å². The molecule has 1 aromatic heterocycles.